The molecule has 0 bridgehead atoms. The van der Waals surface area contributed by atoms with E-state index in [0.717, 1.165) is 32.0 Å². The van der Waals surface area contributed by atoms with Crippen LogP contribution in [0.15, 0.2) is 6.20 Å². The van der Waals surface area contributed by atoms with E-state index in [1.165, 1.54) is 37.6 Å². The number of nitrogens with one attached hydrogen (secondary N) is 1. The third-order valence-corrected chi connectivity index (χ3v) is 4.11. The number of nitrogens with zero attached hydrogens (tertiary/aromatic N) is 3. The molecule has 2 heterocycles. The first-order chi connectivity index (χ1) is 9.28. The molecule has 1 fully saturated rings. The summed E-state index contributed by atoms with van der Waals surface area (Å²) < 4.78 is 2.30. The number of hydrogen-bond donors (Lipinski definition) is 1. The normalized spacial score (nSPS) is 16.8. The van der Waals surface area contributed by atoms with Crippen molar-refractivity contribution in [1.29, 1.82) is 0 Å². The maximum Gasteiger partial charge on any atom is 0.205 e. The zero-order chi connectivity index (χ0) is 13.7. The number of aromatic nitrogens is 2. The highest BCUT2D eigenvalue weighted by Gasteiger charge is 2.19. The zero-order valence-corrected chi connectivity index (χ0v) is 12.7. The molecule has 0 spiro atoms. The molecule has 0 amide bonds. The van der Waals surface area contributed by atoms with Gasteiger partial charge in [-0.1, -0.05) is 6.92 Å². The molecule has 1 aromatic rings. The van der Waals surface area contributed by atoms with Crippen LogP contribution in [0.2, 0.25) is 0 Å². The van der Waals surface area contributed by atoms with Crippen LogP contribution >= 0.6 is 0 Å². The highest BCUT2D eigenvalue weighted by atomic mass is 15.3. The van der Waals surface area contributed by atoms with Gasteiger partial charge in [0.15, 0.2) is 0 Å². The van der Waals surface area contributed by atoms with E-state index in [4.69, 9.17) is 4.98 Å². The van der Waals surface area contributed by atoms with Gasteiger partial charge in [-0.25, -0.2) is 4.98 Å². The Labute approximate surface area is 117 Å². The van der Waals surface area contributed by atoms with Crippen LogP contribution in [0.4, 0.5) is 5.95 Å². The van der Waals surface area contributed by atoms with E-state index in [1.54, 1.807) is 0 Å². The third kappa shape index (κ3) is 3.50. The summed E-state index contributed by atoms with van der Waals surface area (Å²) in [6, 6.07) is 0. The lowest BCUT2D eigenvalue weighted by Crippen LogP contribution is -2.37. The minimum Gasteiger partial charge on any atom is -0.342 e. The maximum absolute atomic E-state index is 4.81. The van der Waals surface area contributed by atoms with Crippen LogP contribution in [-0.2, 0) is 13.0 Å². The highest BCUT2D eigenvalue weighted by Crippen LogP contribution is 2.20. The standard InChI is InChI=1S/C15H28N4/c1-4-14-12-19(6-3)15(17-14)18(5-2)11-13-7-9-16-10-8-13/h12-13,16H,4-11H2,1-3H3. The number of hydrogen-bond acceptors (Lipinski definition) is 3. The molecule has 0 aliphatic carbocycles. The number of aryl methyl sites for hydroxylation is 2. The van der Waals surface area contributed by atoms with Gasteiger partial charge in [-0.3, -0.25) is 0 Å². The zero-order valence-electron chi connectivity index (χ0n) is 12.7. The second-order valence-corrected chi connectivity index (χ2v) is 5.40. The summed E-state index contributed by atoms with van der Waals surface area (Å²) in [5, 5.41) is 3.44. The van der Waals surface area contributed by atoms with Gasteiger partial charge in [0.25, 0.3) is 0 Å². The molecule has 1 N–H and O–H groups in total. The second kappa shape index (κ2) is 6.94. The third-order valence-electron chi connectivity index (χ3n) is 4.11. The molecule has 0 aromatic carbocycles. The molecule has 1 saturated heterocycles. The minimum absolute atomic E-state index is 0.813. The summed E-state index contributed by atoms with van der Waals surface area (Å²) in [6.07, 6.45) is 5.82. The van der Waals surface area contributed by atoms with Crippen LogP contribution in [0.1, 0.15) is 39.3 Å². The molecule has 1 aliphatic heterocycles. The SMILES string of the molecule is CCc1cn(CC)c(N(CC)CC2CCNCC2)n1. The summed E-state index contributed by atoms with van der Waals surface area (Å²) in [7, 11) is 0. The van der Waals surface area contributed by atoms with E-state index >= 15 is 0 Å². The monoisotopic (exact) mass is 264 g/mol. The molecule has 0 unspecified atom stereocenters. The lowest BCUT2D eigenvalue weighted by atomic mass is 9.98. The summed E-state index contributed by atoms with van der Waals surface area (Å²) in [5.74, 6) is 1.98. The molecular formula is C15H28N4. The van der Waals surface area contributed by atoms with E-state index in [2.05, 4.69) is 41.8 Å². The molecule has 4 nitrogen and oxygen atoms in total. The average Bonchev–Trinajstić information content (AvgIpc) is 2.89. The van der Waals surface area contributed by atoms with Crippen LogP contribution in [0, 0.1) is 5.92 Å². The second-order valence-electron chi connectivity index (χ2n) is 5.40. The summed E-state index contributed by atoms with van der Waals surface area (Å²) in [5.41, 5.74) is 1.21. The fourth-order valence-electron chi connectivity index (χ4n) is 2.84. The van der Waals surface area contributed by atoms with E-state index < -0.39 is 0 Å². The number of imidazole rings is 1. The predicted molar refractivity (Wildman–Crippen MR) is 80.8 cm³/mol. The van der Waals surface area contributed by atoms with Crippen LogP contribution in [0.25, 0.3) is 0 Å². The number of anilines is 1. The molecule has 1 aliphatic rings. The fraction of sp³-hybridized carbons (Fsp3) is 0.800. The Bertz CT molecular complexity index is 379. The fourth-order valence-corrected chi connectivity index (χ4v) is 2.84. The molecule has 1 aromatic heterocycles. The average molecular weight is 264 g/mol. The highest BCUT2D eigenvalue weighted by molar-refractivity contribution is 5.33. The van der Waals surface area contributed by atoms with E-state index in [1.807, 2.05) is 0 Å². The van der Waals surface area contributed by atoms with Crippen molar-refractivity contribution in [2.75, 3.05) is 31.1 Å². The first kappa shape index (κ1) is 14.4. The van der Waals surface area contributed by atoms with Crippen LogP contribution in [0.3, 0.4) is 0 Å². The van der Waals surface area contributed by atoms with Crippen molar-refractivity contribution in [2.45, 2.75) is 46.6 Å². The predicted octanol–water partition coefficient (Wildman–Crippen LogP) is 2.29. The first-order valence-electron chi connectivity index (χ1n) is 7.80. The van der Waals surface area contributed by atoms with Crippen LogP contribution in [0.5, 0.6) is 0 Å². The van der Waals surface area contributed by atoms with Crippen LogP contribution in [-0.4, -0.2) is 35.7 Å². The Morgan fingerprint density at radius 1 is 1.32 bits per heavy atom. The van der Waals surface area contributed by atoms with Gasteiger partial charge in [-0.2, -0.15) is 0 Å². The van der Waals surface area contributed by atoms with Gasteiger partial charge < -0.3 is 14.8 Å². The van der Waals surface area contributed by atoms with Crippen molar-refractivity contribution < 1.29 is 0 Å². The minimum atomic E-state index is 0.813. The Morgan fingerprint density at radius 3 is 2.63 bits per heavy atom. The molecule has 19 heavy (non-hydrogen) atoms. The van der Waals surface area contributed by atoms with Crippen molar-refractivity contribution in [2.24, 2.45) is 5.92 Å². The van der Waals surface area contributed by atoms with Gasteiger partial charge in [0, 0.05) is 25.8 Å². The van der Waals surface area contributed by atoms with Crippen molar-refractivity contribution in [3.8, 4) is 0 Å². The first-order valence-corrected chi connectivity index (χ1v) is 7.80. The van der Waals surface area contributed by atoms with Crippen molar-refractivity contribution in [3.05, 3.63) is 11.9 Å². The lowest BCUT2D eigenvalue weighted by molar-refractivity contribution is 0.372. The number of piperidine rings is 1. The van der Waals surface area contributed by atoms with Crippen molar-refractivity contribution in [1.82, 2.24) is 14.9 Å². The molecular weight excluding hydrogens is 236 g/mol. The molecule has 108 valence electrons. The summed E-state index contributed by atoms with van der Waals surface area (Å²) >= 11 is 0. The van der Waals surface area contributed by atoms with Gasteiger partial charge in [0.1, 0.15) is 0 Å². The van der Waals surface area contributed by atoms with Gasteiger partial charge in [0.2, 0.25) is 5.95 Å². The molecule has 0 radical (unpaired) electrons. The Kier molecular flexibility index (Phi) is 5.25. The molecule has 0 atom stereocenters. The molecule has 0 saturated carbocycles. The Balaban J connectivity index is 2.09. The van der Waals surface area contributed by atoms with Gasteiger partial charge in [-0.15, -0.1) is 0 Å². The molecule has 2 rings (SSSR count). The van der Waals surface area contributed by atoms with Crippen molar-refractivity contribution in [3.63, 3.8) is 0 Å². The summed E-state index contributed by atoms with van der Waals surface area (Å²) in [4.78, 5) is 7.27. The summed E-state index contributed by atoms with van der Waals surface area (Å²) in [6.45, 7) is 12.2. The number of rotatable bonds is 6. The Morgan fingerprint density at radius 2 is 2.05 bits per heavy atom. The van der Waals surface area contributed by atoms with E-state index in [9.17, 15) is 0 Å². The van der Waals surface area contributed by atoms with E-state index in [-0.39, 0.29) is 0 Å². The van der Waals surface area contributed by atoms with Gasteiger partial charge in [-0.05, 0) is 52.1 Å². The van der Waals surface area contributed by atoms with Gasteiger partial charge in [0.05, 0.1) is 5.69 Å². The quantitative estimate of drug-likeness (QED) is 0.856. The largest absolute Gasteiger partial charge is 0.342 e. The van der Waals surface area contributed by atoms with Crippen molar-refractivity contribution >= 4 is 5.95 Å². The Hall–Kier alpha value is -1.03. The van der Waals surface area contributed by atoms with Gasteiger partial charge >= 0.3 is 0 Å². The maximum atomic E-state index is 4.81. The van der Waals surface area contributed by atoms with E-state index in [0.29, 0.717) is 0 Å². The molecule has 4 heteroatoms. The lowest BCUT2D eigenvalue weighted by Gasteiger charge is -2.30. The van der Waals surface area contributed by atoms with Crippen LogP contribution < -0.4 is 10.2 Å². The smallest absolute Gasteiger partial charge is 0.205 e. The topological polar surface area (TPSA) is 33.1 Å².